The monoisotopic (exact) mass is 296 g/mol. The molecule has 112 valence electrons. The molecular weight excluding hydrogens is 282 g/mol. The van der Waals surface area contributed by atoms with Crippen molar-refractivity contribution in [2.45, 2.75) is 25.3 Å². The Morgan fingerprint density at radius 1 is 1.29 bits per heavy atom. The molecule has 7 heteroatoms. The largest absolute Gasteiger partial charge is 0.586 e. The summed E-state index contributed by atoms with van der Waals surface area (Å²) < 4.78 is 34.8. The number of hydrogen-bond donors (Lipinski definition) is 1. The molecule has 1 N–H and O–H groups in total. The van der Waals surface area contributed by atoms with Crippen LogP contribution in [0.15, 0.2) is 18.2 Å². The van der Waals surface area contributed by atoms with Gasteiger partial charge in [0.2, 0.25) is 5.91 Å². The Hall–Kier alpha value is -1.89. The highest BCUT2D eigenvalue weighted by Crippen LogP contribution is 2.41. The Morgan fingerprint density at radius 2 is 2.10 bits per heavy atom. The van der Waals surface area contributed by atoms with Crippen LogP contribution in [0.3, 0.4) is 0 Å². The Kier molecular flexibility index (Phi) is 2.63. The first-order valence-electron chi connectivity index (χ1n) is 6.89. The summed E-state index contributed by atoms with van der Waals surface area (Å²) in [6, 6.07) is 5.07. The van der Waals surface area contributed by atoms with Crippen molar-refractivity contribution in [2.24, 2.45) is 5.92 Å². The lowest BCUT2D eigenvalue weighted by Crippen LogP contribution is -2.32. The maximum atomic E-state index is 13.0. The average Bonchev–Trinajstić information content (AvgIpc) is 2.97. The van der Waals surface area contributed by atoms with Gasteiger partial charge in [0.1, 0.15) is 0 Å². The number of halogens is 2. The summed E-state index contributed by atoms with van der Waals surface area (Å²) in [5.41, 5.74) is 0.890. The van der Waals surface area contributed by atoms with Crippen LogP contribution in [0.5, 0.6) is 11.5 Å². The number of rotatable bonds is 2. The van der Waals surface area contributed by atoms with Crippen molar-refractivity contribution in [1.82, 2.24) is 10.2 Å². The fourth-order valence-corrected chi connectivity index (χ4v) is 3.31. The maximum absolute atomic E-state index is 13.0. The molecule has 4 rings (SSSR count). The van der Waals surface area contributed by atoms with E-state index in [9.17, 15) is 13.6 Å². The predicted octanol–water partition coefficient (Wildman–Crippen LogP) is 1.33. The summed E-state index contributed by atoms with van der Waals surface area (Å²) in [7, 11) is 0. The Bertz CT molecular complexity index is 592. The summed E-state index contributed by atoms with van der Waals surface area (Å²) in [4.78, 5) is 13.5. The van der Waals surface area contributed by atoms with Gasteiger partial charge in [-0.25, -0.2) is 0 Å². The lowest BCUT2D eigenvalue weighted by atomic mass is 10.1. The van der Waals surface area contributed by atoms with Crippen molar-refractivity contribution >= 4 is 5.91 Å². The van der Waals surface area contributed by atoms with Crippen LogP contribution < -0.4 is 14.8 Å². The second-order valence-corrected chi connectivity index (χ2v) is 5.78. The van der Waals surface area contributed by atoms with Crippen molar-refractivity contribution in [3.8, 4) is 11.5 Å². The van der Waals surface area contributed by atoms with E-state index >= 15 is 0 Å². The molecule has 0 radical (unpaired) electrons. The van der Waals surface area contributed by atoms with Gasteiger partial charge < -0.3 is 14.8 Å². The third-order valence-electron chi connectivity index (χ3n) is 4.18. The molecular formula is C14H14F2N2O3. The normalized spacial score (nSPS) is 29.5. The van der Waals surface area contributed by atoms with Crippen molar-refractivity contribution in [3.05, 3.63) is 23.8 Å². The molecule has 2 fully saturated rings. The summed E-state index contributed by atoms with van der Waals surface area (Å²) in [6.45, 7) is 2.28. The van der Waals surface area contributed by atoms with Gasteiger partial charge in [0.05, 0.1) is 0 Å². The number of alkyl halides is 2. The number of nitrogens with zero attached hydrogens (tertiary/aromatic N) is 1. The van der Waals surface area contributed by atoms with Crippen LogP contribution in [-0.4, -0.2) is 36.2 Å². The van der Waals surface area contributed by atoms with Crippen LogP contribution in [0.25, 0.3) is 0 Å². The fourth-order valence-electron chi connectivity index (χ4n) is 3.31. The number of likely N-dealkylation sites (tertiary alicyclic amines) is 1. The topological polar surface area (TPSA) is 50.8 Å². The number of carbonyl (C=O) groups is 1. The minimum atomic E-state index is -3.57. The highest BCUT2D eigenvalue weighted by Gasteiger charge is 2.44. The molecule has 3 heterocycles. The van der Waals surface area contributed by atoms with E-state index < -0.39 is 6.29 Å². The molecule has 0 aromatic heterocycles. The Morgan fingerprint density at radius 3 is 2.90 bits per heavy atom. The summed E-state index contributed by atoms with van der Waals surface area (Å²) in [6.07, 6.45) is -3.00. The highest BCUT2D eigenvalue weighted by molar-refractivity contribution is 5.79. The molecule has 1 aromatic carbocycles. The third-order valence-corrected chi connectivity index (χ3v) is 4.18. The quantitative estimate of drug-likeness (QED) is 0.894. The molecule has 1 amide bonds. The number of fused-ring (bicyclic) bond motifs is 2. The van der Waals surface area contributed by atoms with E-state index in [1.54, 1.807) is 12.1 Å². The van der Waals surface area contributed by atoms with Crippen LogP contribution in [0.4, 0.5) is 8.78 Å². The lowest BCUT2D eigenvalue weighted by molar-refractivity contribution is -0.286. The van der Waals surface area contributed by atoms with Gasteiger partial charge in [-0.1, -0.05) is 6.07 Å². The van der Waals surface area contributed by atoms with E-state index in [1.165, 1.54) is 6.07 Å². The van der Waals surface area contributed by atoms with Gasteiger partial charge in [0.15, 0.2) is 11.5 Å². The van der Waals surface area contributed by atoms with Crippen molar-refractivity contribution < 1.29 is 23.0 Å². The smallest absolute Gasteiger partial charge is 0.395 e. The van der Waals surface area contributed by atoms with Crippen molar-refractivity contribution in [3.63, 3.8) is 0 Å². The van der Waals surface area contributed by atoms with Crippen LogP contribution in [0, 0.1) is 5.92 Å². The number of ether oxygens (including phenoxy) is 2. The SMILES string of the molecule is O=C1C[C@H]2CN(Cc3ccc4c(c3)OC(F)(F)O4)C[C@H]2N1. The van der Waals surface area contributed by atoms with E-state index in [4.69, 9.17) is 0 Å². The first kappa shape index (κ1) is 12.8. The van der Waals surface area contributed by atoms with Crippen LogP contribution >= 0.6 is 0 Å². The molecule has 3 aliphatic heterocycles. The Balaban J connectivity index is 1.44. The van der Waals surface area contributed by atoms with E-state index in [0.29, 0.717) is 18.9 Å². The fraction of sp³-hybridized carbons (Fsp3) is 0.500. The predicted molar refractivity (Wildman–Crippen MR) is 68.0 cm³/mol. The highest BCUT2D eigenvalue weighted by atomic mass is 19.3. The molecule has 2 saturated heterocycles. The number of amides is 1. The first-order valence-corrected chi connectivity index (χ1v) is 6.89. The maximum Gasteiger partial charge on any atom is 0.586 e. The van der Waals surface area contributed by atoms with Gasteiger partial charge in [-0.15, -0.1) is 8.78 Å². The van der Waals surface area contributed by atoms with Crippen LogP contribution in [0.1, 0.15) is 12.0 Å². The van der Waals surface area contributed by atoms with Gasteiger partial charge in [-0.2, -0.15) is 0 Å². The van der Waals surface area contributed by atoms with Crippen molar-refractivity contribution in [1.29, 1.82) is 0 Å². The number of carbonyl (C=O) groups excluding carboxylic acids is 1. The number of hydrogen-bond acceptors (Lipinski definition) is 4. The molecule has 3 aliphatic rings. The standard InChI is InChI=1S/C14H14F2N2O3/c15-14(16)20-11-2-1-8(3-12(11)21-14)5-18-6-9-4-13(19)17-10(9)7-18/h1-3,9-10H,4-7H2,(H,17,19)/t9-,10+/m0/s1. The average molecular weight is 296 g/mol. The van der Waals surface area contributed by atoms with Crippen molar-refractivity contribution in [2.75, 3.05) is 13.1 Å². The van der Waals surface area contributed by atoms with E-state index in [1.807, 2.05) is 0 Å². The lowest BCUT2D eigenvalue weighted by Gasteiger charge is -2.16. The molecule has 21 heavy (non-hydrogen) atoms. The molecule has 0 aliphatic carbocycles. The Labute approximate surface area is 119 Å². The molecule has 2 atom stereocenters. The molecule has 0 unspecified atom stereocenters. The molecule has 5 nitrogen and oxygen atoms in total. The van der Waals surface area contributed by atoms with Gasteiger partial charge in [0.25, 0.3) is 0 Å². The zero-order chi connectivity index (χ0) is 14.6. The number of nitrogens with one attached hydrogen (secondary N) is 1. The zero-order valence-corrected chi connectivity index (χ0v) is 11.1. The number of benzene rings is 1. The summed E-state index contributed by atoms with van der Waals surface area (Å²) in [5.74, 6) is 0.616. The van der Waals surface area contributed by atoms with Gasteiger partial charge in [-0.3, -0.25) is 9.69 Å². The second-order valence-electron chi connectivity index (χ2n) is 5.78. The summed E-state index contributed by atoms with van der Waals surface area (Å²) >= 11 is 0. The third kappa shape index (κ3) is 2.31. The molecule has 1 aromatic rings. The molecule has 0 saturated carbocycles. The summed E-state index contributed by atoms with van der Waals surface area (Å²) in [5, 5.41) is 2.96. The molecule has 0 spiro atoms. The van der Waals surface area contributed by atoms with Gasteiger partial charge in [-0.05, 0) is 17.7 Å². The second kappa shape index (κ2) is 4.30. The first-order chi connectivity index (χ1) is 9.98. The van der Waals surface area contributed by atoms with E-state index in [2.05, 4.69) is 19.7 Å². The van der Waals surface area contributed by atoms with Gasteiger partial charge in [0, 0.05) is 38.0 Å². The van der Waals surface area contributed by atoms with E-state index in [0.717, 1.165) is 18.7 Å². The molecule has 0 bridgehead atoms. The minimum Gasteiger partial charge on any atom is -0.395 e. The minimum absolute atomic E-state index is 0.0642. The van der Waals surface area contributed by atoms with Crippen LogP contribution in [0.2, 0.25) is 0 Å². The van der Waals surface area contributed by atoms with Crippen LogP contribution in [-0.2, 0) is 11.3 Å². The van der Waals surface area contributed by atoms with Gasteiger partial charge >= 0.3 is 6.29 Å². The zero-order valence-electron chi connectivity index (χ0n) is 11.1. The van der Waals surface area contributed by atoms with E-state index in [-0.39, 0.29) is 23.4 Å².